The molecule has 0 unspecified atom stereocenters. The van der Waals surface area contributed by atoms with Crippen molar-refractivity contribution in [1.29, 1.82) is 0 Å². The predicted octanol–water partition coefficient (Wildman–Crippen LogP) is 8.44. The van der Waals surface area contributed by atoms with Gasteiger partial charge in [-0.3, -0.25) is 4.79 Å². The van der Waals surface area contributed by atoms with Gasteiger partial charge in [0.15, 0.2) is 5.78 Å². The number of fused-ring (bicyclic) bond motifs is 1. The number of hydrogen-bond donors (Lipinski definition) is 1. The van der Waals surface area contributed by atoms with E-state index in [1.54, 1.807) is 0 Å². The first kappa shape index (κ1) is 29.2. The van der Waals surface area contributed by atoms with Crippen molar-refractivity contribution in [3.63, 3.8) is 0 Å². The van der Waals surface area contributed by atoms with Gasteiger partial charge in [-0.15, -0.1) is 0 Å². The number of rotatable bonds is 7. The smallest absolute Gasteiger partial charge is 0.182 e. The fourth-order valence-electron chi connectivity index (χ4n) is 6.94. The maximum atomic E-state index is 13.8. The Bertz CT molecular complexity index is 979. The van der Waals surface area contributed by atoms with Gasteiger partial charge in [-0.2, -0.15) is 4.02 Å². The number of Topliss-reactive ketones (excluding diaryl/α,β-unsaturated/α-hetero) is 1. The Kier molecular flexibility index (Phi) is 8.17. The van der Waals surface area contributed by atoms with Crippen LogP contribution in [0.5, 0.6) is 5.75 Å². The molecule has 0 bridgehead atoms. The van der Waals surface area contributed by atoms with Crippen LogP contribution in [0.4, 0.5) is 0 Å². The Morgan fingerprint density at radius 2 is 1.61 bits per heavy atom. The first-order valence-electron chi connectivity index (χ1n) is 13.9. The number of carbonyl (C=O) groups excluding carboxylic acids is 1. The summed E-state index contributed by atoms with van der Waals surface area (Å²) in [6, 6.07) is 3.81. The molecule has 5 heteroatoms. The van der Waals surface area contributed by atoms with Crippen molar-refractivity contribution in [2.75, 3.05) is 13.1 Å². The molecule has 2 aliphatic rings. The summed E-state index contributed by atoms with van der Waals surface area (Å²) in [5, 5.41) is 11.1. The summed E-state index contributed by atoms with van der Waals surface area (Å²) >= 11 is 3.44. The second-order valence-corrected chi connectivity index (χ2v) is 14.5. The number of halogens is 1. The van der Waals surface area contributed by atoms with E-state index < -0.39 is 0 Å². The second kappa shape index (κ2) is 10.1. The SMILES string of the molecule is CCC(CC)C[C@H]1C[C@@]2(C)CN(CC(=O)c3cc(C(C)(C)C)c(O)c(C(C)(C)C)c3)C(=NBr)[C@@]2(C)C1. The molecule has 0 radical (unpaired) electrons. The number of phenolic OH excluding ortho intramolecular Hbond substituents is 1. The quantitative estimate of drug-likeness (QED) is 0.340. The van der Waals surface area contributed by atoms with Gasteiger partial charge in [0.05, 0.1) is 22.7 Å². The molecule has 1 heterocycles. The van der Waals surface area contributed by atoms with Crippen LogP contribution < -0.4 is 0 Å². The molecular weight excluding hydrogens is 512 g/mol. The largest absolute Gasteiger partial charge is 0.507 e. The van der Waals surface area contributed by atoms with Gasteiger partial charge in [0, 0.05) is 28.7 Å². The van der Waals surface area contributed by atoms with Gasteiger partial charge in [-0.1, -0.05) is 82.1 Å². The van der Waals surface area contributed by atoms with Gasteiger partial charge < -0.3 is 10.0 Å². The fourth-order valence-corrected chi connectivity index (χ4v) is 7.56. The molecule has 1 N–H and O–H groups in total. The third kappa shape index (κ3) is 5.28. The number of hydrogen-bond acceptors (Lipinski definition) is 3. The molecule has 3 atom stereocenters. The number of nitrogens with zero attached hydrogens (tertiary/aromatic N) is 2. The summed E-state index contributed by atoms with van der Waals surface area (Å²) < 4.78 is 4.62. The normalized spacial score (nSPS) is 27.8. The molecule has 1 saturated carbocycles. The Morgan fingerprint density at radius 1 is 1.08 bits per heavy atom. The first-order chi connectivity index (χ1) is 16.5. The lowest BCUT2D eigenvalue weighted by atomic mass is 9.70. The van der Waals surface area contributed by atoms with E-state index in [1.165, 1.54) is 25.7 Å². The Morgan fingerprint density at radius 3 is 2.06 bits per heavy atom. The van der Waals surface area contributed by atoms with Crippen LogP contribution in [0.2, 0.25) is 0 Å². The first-order valence-corrected chi connectivity index (χ1v) is 14.6. The summed E-state index contributed by atoms with van der Waals surface area (Å²) in [6.07, 6.45) is 6.13. The molecule has 36 heavy (non-hydrogen) atoms. The minimum Gasteiger partial charge on any atom is -0.507 e. The second-order valence-electron chi connectivity index (χ2n) is 14.2. The van der Waals surface area contributed by atoms with Crippen LogP contribution in [0, 0.1) is 22.7 Å². The van der Waals surface area contributed by atoms with E-state index in [1.807, 2.05) is 12.1 Å². The maximum Gasteiger partial charge on any atom is 0.182 e. The van der Waals surface area contributed by atoms with Gasteiger partial charge in [0.25, 0.3) is 0 Å². The molecule has 0 aromatic heterocycles. The van der Waals surface area contributed by atoms with Gasteiger partial charge in [0.2, 0.25) is 0 Å². The molecule has 2 fully saturated rings. The van der Waals surface area contributed by atoms with Crippen LogP contribution in [0.1, 0.15) is 123 Å². The molecule has 1 aliphatic carbocycles. The lowest BCUT2D eigenvalue weighted by molar-refractivity contribution is 0.0955. The van der Waals surface area contributed by atoms with Gasteiger partial charge >= 0.3 is 0 Å². The molecule has 0 spiro atoms. The molecular formula is C31H49BrN2O2. The van der Waals surface area contributed by atoms with Crippen LogP contribution in [-0.2, 0) is 10.8 Å². The zero-order valence-electron chi connectivity index (χ0n) is 24.4. The highest BCUT2D eigenvalue weighted by Crippen LogP contribution is 2.61. The average molecular weight is 562 g/mol. The van der Waals surface area contributed by atoms with Crippen molar-refractivity contribution in [2.24, 2.45) is 26.7 Å². The van der Waals surface area contributed by atoms with E-state index in [0.29, 0.717) is 23.8 Å². The predicted molar refractivity (Wildman–Crippen MR) is 155 cm³/mol. The molecule has 3 rings (SSSR count). The minimum absolute atomic E-state index is 0.0322. The molecule has 1 saturated heterocycles. The van der Waals surface area contributed by atoms with Crippen molar-refractivity contribution < 1.29 is 9.90 Å². The zero-order chi connectivity index (χ0) is 27.3. The monoisotopic (exact) mass is 560 g/mol. The summed E-state index contributed by atoms with van der Waals surface area (Å²) in [6.45, 7) is 23.1. The lowest BCUT2D eigenvalue weighted by Gasteiger charge is -2.32. The lowest BCUT2D eigenvalue weighted by Crippen LogP contribution is -2.37. The number of amidine groups is 1. The van der Waals surface area contributed by atoms with Crippen molar-refractivity contribution in [3.8, 4) is 5.75 Å². The summed E-state index contributed by atoms with van der Waals surface area (Å²) in [5.41, 5.74) is 1.88. The van der Waals surface area contributed by atoms with Crippen molar-refractivity contribution in [3.05, 3.63) is 28.8 Å². The van der Waals surface area contributed by atoms with Crippen molar-refractivity contribution in [1.82, 2.24) is 4.90 Å². The van der Waals surface area contributed by atoms with Crippen LogP contribution in [0.3, 0.4) is 0 Å². The standard InChI is InChI=1S/C31H49BrN2O2/c1-11-20(12-2)13-21-16-30(9)19-34(27(33-32)31(30,10)17-21)18-25(35)22-14-23(28(3,4)5)26(36)24(15-22)29(6,7)8/h14-15,20-21,36H,11-13,16-19H2,1-10H3/t21-,30-,31+/m0/s1. The van der Waals surface area contributed by atoms with E-state index in [-0.39, 0.29) is 27.4 Å². The molecule has 1 aromatic carbocycles. The van der Waals surface area contributed by atoms with Gasteiger partial charge in [-0.25, -0.2) is 0 Å². The number of phenols is 1. The Balaban J connectivity index is 1.89. The number of aromatic hydroxyl groups is 1. The minimum atomic E-state index is -0.266. The van der Waals surface area contributed by atoms with E-state index in [9.17, 15) is 9.90 Å². The van der Waals surface area contributed by atoms with Gasteiger partial charge in [-0.05, 0) is 59.5 Å². The zero-order valence-corrected chi connectivity index (χ0v) is 26.0. The number of likely N-dealkylation sites (tertiary alicyclic amines) is 1. The Labute approximate surface area is 228 Å². The highest BCUT2D eigenvalue weighted by Gasteiger charge is 2.61. The van der Waals surface area contributed by atoms with Crippen molar-refractivity contribution >= 4 is 27.8 Å². The van der Waals surface area contributed by atoms with Crippen LogP contribution in [-0.4, -0.2) is 34.7 Å². The maximum absolute atomic E-state index is 13.8. The summed E-state index contributed by atoms with van der Waals surface area (Å²) in [5.74, 6) is 2.93. The molecule has 0 amide bonds. The van der Waals surface area contributed by atoms with Crippen molar-refractivity contribution in [2.45, 2.75) is 112 Å². The molecule has 1 aromatic rings. The molecule has 202 valence electrons. The van der Waals surface area contributed by atoms with Gasteiger partial charge in [0.1, 0.15) is 11.6 Å². The Hall–Kier alpha value is -1.36. The van der Waals surface area contributed by atoms with Crippen LogP contribution >= 0.6 is 16.1 Å². The van der Waals surface area contributed by atoms with Crippen LogP contribution in [0.15, 0.2) is 16.2 Å². The summed E-state index contributed by atoms with van der Waals surface area (Å²) in [4.78, 5) is 16.0. The fraction of sp³-hybridized carbons (Fsp3) is 0.742. The highest BCUT2D eigenvalue weighted by atomic mass is 79.9. The highest BCUT2D eigenvalue weighted by molar-refractivity contribution is 9.08. The molecule has 1 aliphatic heterocycles. The van der Waals surface area contributed by atoms with E-state index in [2.05, 4.69) is 94.3 Å². The van der Waals surface area contributed by atoms with E-state index in [4.69, 9.17) is 0 Å². The number of ketones is 1. The van der Waals surface area contributed by atoms with Crippen LogP contribution in [0.25, 0.3) is 0 Å². The third-order valence-corrected chi connectivity index (χ3v) is 9.72. The number of benzene rings is 1. The third-order valence-electron chi connectivity index (χ3n) is 9.38. The number of carbonyl (C=O) groups is 1. The summed E-state index contributed by atoms with van der Waals surface area (Å²) in [7, 11) is 0. The average Bonchev–Trinajstić information content (AvgIpc) is 3.11. The van der Waals surface area contributed by atoms with E-state index in [0.717, 1.165) is 35.8 Å². The topological polar surface area (TPSA) is 52.9 Å². The van der Waals surface area contributed by atoms with E-state index >= 15 is 0 Å². The molecule has 4 nitrogen and oxygen atoms in total.